The van der Waals surface area contributed by atoms with Crippen molar-refractivity contribution in [3.05, 3.63) is 105 Å². The highest BCUT2D eigenvalue weighted by molar-refractivity contribution is 6.31. The Hall–Kier alpha value is -5.22. The van der Waals surface area contributed by atoms with Gasteiger partial charge in [0.1, 0.15) is 5.82 Å². The van der Waals surface area contributed by atoms with Crippen LogP contribution in [0.5, 0.6) is 0 Å². The average Bonchev–Trinajstić information content (AvgIpc) is 3.50. The van der Waals surface area contributed by atoms with Crippen molar-refractivity contribution in [1.82, 2.24) is 29.5 Å². The number of anilines is 1. The van der Waals surface area contributed by atoms with Gasteiger partial charge < -0.3 is 10.4 Å². The van der Waals surface area contributed by atoms with E-state index in [-0.39, 0.29) is 38.9 Å². The number of aliphatic carboxylic acids is 1. The molecule has 18 heteroatoms. The van der Waals surface area contributed by atoms with Crippen LogP contribution in [0.25, 0.3) is 28.1 Å². The normalized spacial score (nSPS) is 16.2. The monoisotopic (exact) mass is 735 g/mol. The number of hydrogen-bond donors (Lipinski definition) is 2. The number of rotatable bonds is 3. The van der Waals surface area contributed by atoms with Gasteiger partial charge in [0.15, 0.2) is 11.0 Å². The minimum absolute atomic E-state index is 0.0347. The standard InChI is InChI=1S/C30H23Cl2F2N7O2.C2HF3O2/c1-16-3-2-4-24(22-11-17(9-10-35-22)19-12-18(33)5-7-21(19)37-30(16)43)40-15-36-23(13-27(40)42)28-25(8-6-20(31)29(28)34)41-14-26(32)38-39-41;3-2(4,5)1(6)7/h5-16,24H,2-4H2,1H3,(H,37,43);(H,6,7)/t16-,24+;/m1./s1. The summed E-state index contributed by atoms with van der Waals surface area (Å²) in [5, 5.41) is 17.6. The highest BCUT2D eigenvalue weighted by atomic mass is 35.5. The second-order valence-electron chi connectivity index (χ2n) is 11.1. The summed E-state index contributed by atoms with van der Waals surface area (Å²) >= 11 is 12.0. The molecule has 2 aromatic carbocycles. The summed E-state index contributed by atoms with van der Waals surface area (Å²) < 4.78 is 64.1. The fourth-order valence-electron chi connectivity index (χ4n) is 5.21. The predicted molar refractivity (Wildman–Crippen MR) is 172 cm³/mol. The number of carbonyl (C=O) groups excluding carboxylic acids is 1. The maximum absolute atomic E-state index is 15.4. The first kappa shape index (κ1) is 36.1. The molecule has 0 spiro atoms. The summed E-state index contributed by atoms with van der Waals surface area (Å²) in [6, 6.07) is 11.2. The number of aromatic nitrogens is 6. The molecule has 0 radical (unpaired) electrons. The number of benzene rings is 2. The van der Waals surface area contributed by atoms with Crippen molar-refractivity contribution < 1.29 is 36.6 Å². The molecule has 1 amide bonds. The first-order valence-corrected chi connectivity index (χ1v) is 15.4. The largest absolute Gasteiger partial charge is 0.490 e. The van der Waals surface area contributed by atoms with E-state index in [0.717, 1.165) is 0 Å². The molecule has 260 valence electrons. The van der Waals surface area contributed by atoms with Crippen molar-refractivity contribution in [2.45, 2.75) is 38.4 Å². The lowest BCUT2D eigenvalue weighted by molar-refractivity contribution is -0.192. The molecule has 0 aliphatic carbocycles. The molecule has 2 bridgehead atoms. The molecular weight excluding hydrogens is 712 g/mol. The summed E-state index contributed by atoms with van der Waals surface area (Å²) in [4.78, 5) is 44.5. The number of carbonyl (C=O) groups is 2. The van der Waals surface area contributed by atoms with Crippen molar-refractivity contribution in [1.29, 1.82) is 0 Å². The molecule has 3 aromatic heterocycles. The van der Waals surface area contributed by atoms with Gasteiger partial charge in [0.2, 0.25) is 5.91 Å². The highest BCUT2D eigenvalue weighted by Crippen LogP contribution is 2.35. The molecule has 11 nitrogen and oxygen atoms in total. The van der Waals surface area contributed by atoms with Crippen molar-refractivity contribution in [2.24, 2.45) is 5.92 Å². The van der Waals surface area contributed by atoms with E-state index in [1.54, 1.807) is 18.3 Å². The Morgan fingerprint density at radius 2 is 1.76 bits per heavy atom. The molecule has 6 rings (SSSR count). The summed E-state index contributed by atoms with van der Waals surface area (Å²) in [5.41, 5.74) is 1.90. The van der Waals surface area contributed by atoms with Gasteiger partial charge in [-0.25, -0.2) is 23.2 Å². The van der Waals surface area contributed by atoms with Gasteiger partial charge in [-0.3, -0.25) is 19.1 Å². The Kier molecular flexibility index (Phi) is 10.6. The Balaban J connectivity index is 0.000000630. The average molecular weight is 736 g/mol. The topological polar surface area (TPSA) is 145 Å². The molecule has 0 fully saturated rings. The molecule has 2 N–H and O–H groups in total. The zero-order valence-electron chi connectivity index (χ0n) is 25.6. The number of nitrogens with one attached hydrogen (secondary N) is 1. The first-order valence-electron chi connectivity index (χ1n) is 14.7. The Labute approximate surface area is 289 Å². The number of alkyl halides is 3. The van der Waals surface area contributed by atoms with Crippen LogP contribution in [0.15, 0.2) is 72.0 Å². The Bertz CT molecular complexity index is 2140. The Morgan fingerprint density at radius 3 is 2.42 bits per heavy atom. The molecule has 0 unspecified atom stereocenters. The van der Waals surface area contributed by atoms with E-state index in [0.29, 0.717) is 41.8 Å². The van der Waals surface area contributed by atoms with Gasteiger partial charge in [-0.2, -0.15) is 13.2 Å². The number of carboxylic acids is 1. The third kappa shape index (κ3) is 7.97. The van der Waals surface area contributed by atoms with Gasteiger partial charge >= 0.3 is 12.1 Å². The van der Waals surface area contributed by atoms with Gasteiger partial charge in [-0.1, -0.05) is 41.8 Å². The van der Waals surface area contributed by atoms with E-state index in [4.69, 9.17) is 33.1 Å². The molecule has 50 heavy (non-hydrogen) atoms. The number of hydrogen-bond acceptors (Lipinski definition) is 7. The molecule has 0 saturated heterocycles. The lowest BCUT2D eigenvalue weighted by atomic mass is 9.95. The molecule has 1 aliphatic rings. The summed E-state index contributed by atoms with van der Waals surface area (Å²) in [6.07, 6.45) is 0.812. The summed E-state index contributed by atoms with van der Waals surface area (Å²) in [6.45, 7) is 1.82. The van der Waals surface area contributed by atoms with Gasteiger partial charge in [0.25, 0.3) is 5.56 Å². The second kappa shape index (κ2) is 14.7. The third-order valence-corrected chi connectivity index (χ3v) is 8.16. The number of carboxylic acid groups (broad SMARTS) is 1. The minimum atomic E-state index is -5.08. The van der Waals surface area contributed by atoms with Crippen LogP contribution >= 0.6 is 23.2 Å². The molecular formula is C32H24Cl2F5N7O4. The minimum Gasteiger partial charge on any atom is -0.475 e. The number of fused-ring (bicyclic) bond motifs is 4. The lowest BCUT2D eigenvalue weighted by Gasteiger charge is -2.23. The zero-order chi connectivity index (χ0) is 36.3. The maximum Gasteiger partial charge on any atom is 0.490 e. The van der Waals surface area contributed by atoms with Crippen molar-refractivity contribution in [3.63, 3.8) is 0 Å². The summed E-state index contributed by atoms with van der Waals surface area (Å²) in [7, 11) is 0. The molecule has 0 saturated carbocycles. The van der Waals surface area contributed by atoms with Gasteiger partial charge in [0, 0.05) is 29.4 Å². The van der Waals surface area contributed by atoms with E-state index in [1.165, 1.54) is 58.2 Å². The first-order chi connectivity index (χ1) is 23.6. The second-order valence-corrected chi connectivity index (χ2v) is 11.9. The van der Waals surface area contributed by atoms with E-state index < -0.39 is 35.4 Å². The van der Waals surface area contributed by atoms with Crippen LogP contribution in [-0.2, 0) is 9.59 Å². The van der Waals surface area contributed by atoms with E-state index in [9.17, 15) is 27.2 Å². The van der Waals surface area contributed by atoms with Crippen LogP contribution in [-0.4, -0.2) is 52.7 Å². The Morgan fingerprint density at radius 1 is 1.02 bits per heavy atom. The highest BCUT2D eigenvalue weighted by Gasteiger charge is 2.38. The van der Waals surface area contributed by atoms with Crippen LogP contribution in [0.2, 0.25) is 10.2 Å². The maximum atomic E-state index is 15.4. The van der Waals surface area contributed by atoms with Gasteiger partial charge in [0.05, 0.1) is 46.2 Å². The van der Waals surface area contributed by atoms with Crippen molar-refractivity contribution in [2.75, 3.05) is 5.32 Å². The van der Waals surface area contributed by atoms with E-state index >= 15 is 4.39 Å². The smallest absolute Gasteiger partial charge is 0.475 e. The van der Waals surface area contributed by atoms with Crippen LogP contribution < -0.4 is 10.9 Å². The van der Waals surface area contributed by atoms with Crippen LogP contribution in [0.1, 0.15) is 37.9 Å². The quantitative estimate of drug-likeness (QED) is 0.187. The summed E-state index contributed by atoms with van der Waals surface area (Å²) in [5.74, 6) is -4.52. The fraction of sp³-hybridized carbons (Fsp3) is 0.219. The van der Waals surface area contributed by atoms with Crippen LogP contribution in [0, 0.1) is 17.6 Å². The fourth-order valence-corrected chi connectivity index (χ4v) is 5.50. The van der Waals surface area contributed by atoms with Crippen LogP contribution in [0.3, 0.4) is 0 Å². The predicted octanol–water partition coefficient (Wildman–Crippen LogP) is 7.12. The number of halogens is 7. The number of nitrogens with zero attached hydrogens (tertiary/aromatic N) is 6. The molecule has 4 heterocycles. The molecule has 2 atom stereocenters. The molecule has 5 aromatic rings. The van der Waals surface area contributed by atoms with Crippen molar-refractivity contribution in [3.8, 4) is 28.1 Å². The van der Waals surface area contributed by atoms with E-state index in [1.807, 2.05) is 6.92 Å². The van der Waals surface area contributed by atoms with Crippen LogP contribution in [0.4, 0.5) is 27.6 Å². The van der Waals surface area contributed by atoms with E-state index in [2.05, 4.69) is 25.6 Å². The molecule has 1 aliphatic heterocycles. The number of amides is 1. The third-order valence-electron chi connectivity index (χ3n) is 7.69. The number of pyridine rings is 1. The van der Waals surface area contributed by atoms with Gasteiger partial charge in [-0.05, 0) is 60.9 Å². The van der Waals surface area contributed by atoms with Gasteiger partial charge in [-0.15, -0.1) is 5.10 Å². The lowest BCUT2D eigenvalue weighted by Crippen LogP contribution is -2.27. The SMILES string of the molecule is C[C@@H]1CCC[C@H](n2cnc(-c3c(-n4cc(Cl)nn4)ccc(Cl)c3F)cc2=O)c2cc(ccn2)-c2cc(F)ccc2NC1=O.O=C(O)C(F)(F)F. The zero-order valence-corrected chi connectivity index (χ0v) is 27.1. The van der Waals surface area contributed by atoms with Crippen molar-refractivity contribution >= 4 is 40.8 Å².